The van der Waals surface area contributed by atoms with Gasteiger partial charge in [0.15, 0.2) is 5.79 Å². The van der Waals surface area contributed by atoms with Crippen LogP contribution < -0.4 is 10.1 Å². The minimum absolute atomic E-state index is 0.252. The van der Waals surface area contributed by atoms with Gasteiger partial charge in [-0.1, -0.05) is 11.6 Å². The van der Waals surface area contributed by atoms with Gasteiger partial charge in [-0.15, -0.1) is 0 Å². The van der Waals surface area contributed by atoms with Crippen LogP contribution in [0.2, 0.25) is 5.02 Å². The number of aliphatic hydroxyl groups excluding tert-OH is 1. The van der Waals surface area contributed by atoms with Crippen LogP contribution in [0.25, 0.3) is 0 Å². The average Bonchev–Trinajstić information content (AvgIpc) is 2.53. The van der Waals surface area contributed by atoms with Crippen molar-refractivity contribution in [1.29, 1.82) is 0 Å². The van der Waals surface area contributed by atoms with Crippen LogP contribution in [0.1, 0.15) is 20.8 Å². The zero-order valence-corrected chi connectivity index (χ0v) is 15.0. The lowest BCUT2D eigenvalue weighted by atomic mass is 9.95. The van der Waals surface area contributed by atoms with Gasteiger partial charge in [0, 0.05) is 11.9 Å². The summed E-state index contributed by atoms with van der Waals surface area (Å²) >= 11 is 5.88. The zero-order chi connectivity index (χ0) is 18.2. The molecular formula is C17H22ClNO6. The Bertz CT molecular complexity index is 622. The number of nitrogens with one attached hydrogen (secondary N) is 1. The van der Waals surface area contributed by atoms with Crippen molar-refractivity contribution >= 4 is 17.5 Å². The molecule has 2 aliphatic rings. The summed E-state index contributed by atoms with van der Waals surface area (Å²) in [5.41, 5.74) is 0. The van der Waals surface area contributed by atoms with Crippen LogP contribution in [0.15, 0.2) is 24.3 Å². The lowest BCUT2D eigenvalue weighted by molar-refractivity contribution is -0.361. The van der Waals surface area contributed by atoms with E-state index in [4.69, 9.17) is 30.5 Å². The topological polar surface area (TPSA) is 86.3 Å². The van der Waals surface area contributed by atoms with E-state index in [-0.39, 0.29) is 12.5 Å². The molecule has 0 saturated carbocycles. The fourth-order valence-corrected chi connectivity index (χ4v) is 3.11. The number of amides is 1. The predicted molar refractivity (Wildman–Crippen MR) is 89.3 cm³/mol. The molecule has 2 N–H and O–H groups in total. The van der Waals surface area contributed by atoms with E-state index >= 15 is 0 Å². The van der Waals surface area contributed by atoms with Crippen molar-refractivity contribution in [2.45, 2.75) is 57.2 Å². The van der Waals surface area contributed by atoms with Gasteiger partial charge in [-0.2, -0.15) is 0 Å². The lowest BCUT2D eigenvalue weighted by Crippen LogP contribution is -2.69. The molecule has 1 aromatic carbocycles. The molecule has 2 aliphatic heterocycles. The maximum absolute atomic E-state index is 11.6. The van der Waals surface area contributed by atoms with Crippen LogP contribution >= 0.6 is 11.6 Å². The van der Waals surface area contributed by atoms with Gasteiger partial charge in [0.25, 0.3) is 0 Å². The monoisotopic (exact) mass is 371 g/mol. The van der Waals surface area contributed by atoms with E-state index in [0.29, 0.717) is 10.8 Å². The van der Waals surface area contributed by atoms with E-state index in [1.54, 1.807) is 38.1 Å². The Labute approximate surface area is 151 Å². The number of hydrogen-bond acceptors (Lipinski definition) is 6. The molecule has 2 saturated heterocycles. The molecule has 8 heteroatoms. The molecule has 5 atom stereocenters. The van der Waals surface area contributed by atoms with E-state index in [0.717, 1.165) is 0 Å². The number of rotatable bonds is 3. The molecule has 0 radical (unpaired) electrons. The van der Waals surface area contributed by atoms with E-state index in [1.807, 2.05) is 0 Å². The molecule has 7 nitrogen and oxygen atoms in total. The zero-order valence-electron chi connectivity index (χ0n) is 14.3. The first kappa shape index (κ1) is 18.4. The molecule has 25 heavy (non-hydrogen) atoms. The number of aliphatic hydroxyl groups is 1. The van der Waals surface area contributed by atoms with Gasteiger partial charge in [0.1, 0.15) is 30.1 Å². The second kappa shape index (κ2) is 7.09. The van der Waals surface area contributed by atoms with E-state index in [1.165, 1.54) is 6.92 Å². The largest absolute Gasteiger partial charge is 0.463 e. The van der Waals surface area contributed by atoms with E-state index < -0.39 is 36.4 Å². The Morgan fingerprint density at radius 2 is 2.04 bits per heavy atom. The summed E-state index contributed by atoms with van der Waals surface area (Å²) in [5, 5.41) is 14.0. The third-order valence-electron chi connectivity index (χ3n) is 4.12. The van der Waals surface area contributed by atoms with Gasteiger partial charge < -0.3 is 29.4 Å². The second-order valence-electron chi connectivity index (χ2n) is 6.62. The van der Waals surface area contributed by atoms with Crippen LogP contribution in [-0.2, 0) is 19.0 Å². The summed E-state index contributed by atoms with van der Waals surface area (Å²) in [4.78, 5) is 11.6. The number of halogens is 1. The summed E-state index contributed by atoms with van der Waals surface area (Å²) in [7, 11) is 0. The fourth-order valence-electron chi connectivity index (χ4n) is 2.98. The maximum Gasteiger partial charge on any atom is 0.223 e. The summed E-state index contributed by atoms with van der Waals surface area (Å²) in [6.45, 7) is 5.15. The standard InChI is InChI=1S/C17H22ClNO6/c1-9(20)19-13-14(21)15-12(8-22-17(2,3)25-15)24-16(13)23-11-6-4-10(18)5-7-11/h4-7,12-16,21H,8H2,1-3H3,(H,19,20)/t12-,13+,14-,15+,16+/m1/s1. The molecule has 2 heterocycles. The van der Waals surface area contributed by atoms with Crippen LogP contribution in [0.5, 0.6) is 5.75 Å². The Kier molecular flexibility index (Phi) is 5.22. The molecule has 1 amide bonds. The van der Waals surface area contributed by atoms with Crippen molar-refractivity contribution in [3.63, 3.8) is 0 Å². The van der Waals surface area contributed by atoms with Gasteiger partial charge in [-0.25, -0.2) is 0 Å². The number of fused-ring (bicyclic) bond motifs is 1. The second-order valence-corrected chi connectivity index (χ2v) is 7.06. The number of carbonyl (C=O) groups excluding carboxylic acids is 1. The van der Waals surface area contributed by atoms with Crippen molar-refractivity contribution in [1.82, 2.24) is 5.32 Å². The van der Waals surface area contributed by atoms with Crippen molar-refractivity contribution in [2.24, 2.45) is 0 Å². The minimum atomic E-state index is -1.01. The first-order chi connectivity index (χ1) is 11.7. The Hall–Kier alpha value is -1.38. The normalized spacial score (nSPS) is 34.0. The molecular weight excluding hydrogens is 350 g/mol. The Morgan fingerprint density at radius 3 is 2.68 bits per heavy atom. The van der Waals surface area contributed by atoms with Crippen molar-refractivity contribution in [3.05, 3.63) is 29.3 Å². The summed E-state index contributed by atoms with van der Waals surface area (Å²) in [5.74, 6) is -0.633. The van der Waals surface area contributed by atoms with Crippen molar-refractivity contribution in [2.75, 3.05) is 6.61 Å². The highest BCUT2D eigenvalue weighted by Gasteiger charge is 2.52. The summed E-state index contributed by atoms with van der Waals surface area (Å²) < 4.78 is 23.1. The first-order valence-corrected chi connectivity index (χ1v) is 8.47. The highest BCUT2D eigenvalue weighted by Crippen LogP contribution is 2.33. The van der Waals surface area contributed by atoms with Gasteiger partial charge >= 0.3 is 0 Å². The van der Waals surface area contributed by atoms with Crippen LogP contribution in [-0.4, -0.2) is 54.1 Å². The molecule has 3 rings (SSSR count). The van der Waals surface area contributed by atoms with Crippen molar-refractivity contribution in [3.8, 4) is 5.75 Å². The molecule has 0 spiro atoms. The maximum atomic E-state index is 11.6. The first-order valence-electron chi connectivity index (χ1n) is 8.10. The Morgan fingerprint density at radius 1 is 1.36 bits per heavy atom. The fraction of sp³-hybridized carbons (Fsp3) is 0.588. The lowest BCUT2D eigenvalue weighted by Gasteiger charge is -2.49. The SMILES string of the molecule is CC(=O)N[C@@H]1[C@@H](Oc2ccc(Cl)cc2)O[C@@H]2COC(C)(C)O[C@@H]2[C@@H]1O. The average molecular weight is 372 g/mol. The number of ether oxygens (including phenoxy) is 4. The van der Waals surface area contributed by atoms with Gasteiger partial charge in [0.05, 0.1) is 6.61 Å². The third-order valence-corrected chi connectivity index (χ3v) is 4.38. The Balaban J connectivity index is 1.80. The van der Waals surface area contributed by atoms with E-state index in [9.17, 15) is 9.90 Å². The van der Waals surface area contributed by atoms with Gasteiger partial charge in [-0.3, -0.25) is 4.79 Å². The third kappa shape index (κ3) is 4.24. The molecule has 0 aromatic heterocycles. The highest BCUT2D eigenvalue weighted by atomic mass is 35.5. The minimum Gasteiger partial charge on any atom is -0.463 e. The molecule has 1 aromatic rings. The van der Waals surface area contributed by atoms with Crippen LogP contribution in [0.3, 0.4) is 0 Å². The molecule has 0 bridgehead atoms. The van der Waals surface area contributed by atoms with Crippen LogP contribution in [0.4, 0.5) is 0 Å². The van der Waals surface area contributed by atoms with E-state index in [2.05, 4.69) is 5.32 Å². The van der Waals surface area contributed by atoms with Gasteiger partial charge in [-0.05, 0) is 38.1 Å². The summed E-state index contributed by atoms with van der Waals surface area (Å²) in [6.07, 6.45) is -3.05. The van der Waals surface area contributed by atoms with Gasteiger partial charge in [0.2, 0.25) is 12.2 Å². The summed E-state index contributed by atoms with van der Waals surface area (Å²) in [6, 6.07) is 5.95. The molecule has 2 fully saturated rings. The quantitative estimate of drug-likeness (QED) is 0.836. The van der Waals surface area contributed by atoms with Crippen molar-refractivity contribution < 1.29 is 28.8 Å². The number of benzene rings is 1. The number of hydrogen-bond donors (Lipinski definition) is 2. The predicted octanol–water partition coefficient (Wildman–Crippen LogP) is 1.46. The molecule has 138 valence electrons. The van der Waals surface area contributed by atoms with Crippen LogP contribution in [0, 0.1) is 0 Å². The molecule has 0 unspecified atom stereocenters. The number of carbonyl (C=O) groups is 1. The highest BCUT2D eigenvalue weighted by molar-refractivity contribution is 6.30. The smallest absolute Gasteiger partial charge is 0.223 e. The molecule has 0 aliphatic carbocycles.